The van der Waals surface area contributed by atoms with E-state index in [-0.39, 0.29) is 0 Å². The minimum absolute atomic E-state index is 0.746. The van der Waals surface area contributed by atoms with Crippen molar-refractivity contribution >= 4 is 11.8 Å². The number of hydrogen-bond acceptors (Lipinski definition) is 34. The van der Waals surface area contributed by atoms with Crippen molar-refractivity contribution < 1.29 is 168 Å². The zero-order chi connectivity index (χ0) is 60.5. The lowest BCUT2D eigenvalue weighted by molar-refractivity contribution is -0.412. The second-order valence-electron chi connectivity index (χ2n) is 21.0. The molecule has 7 heterocycles. The highest BCUT2D eigenvalue weighted by atomic mass is 16.8. The highest BCUT2D eigenvalue weighted by Crippen LogP contribution is 2.39. The van der Waals surface area contributed by atoms with Gasteiger partial charge in [-0.15, -0.1) is 0 Å². The third-order valence-electron chi connectivity index (χ3n) is 15.3. The van der Waals surface area contributed by atoms with Crippen molar-refractivity contribution in [1.29, 1.82) is 0 Å². The number of amides is 2. The average molecular weight is 1200 g/mol. The van der Waals surface area contributed by atoms with Crippen molar-refractivity contribution in [3.05, 3.63) is 0 Å². The Bertz CT molecular complexity index is 2030. The number of carbonyl (C=O) groups is 2. The molecular formula is C46H78N2O34. The quantitative estimate of drug-likeness (QED) is 0.0571. The van der Waals surface area contributed by atoms with Crippen molar-refractivity contribution in [2.45, 2.75) is 243 Å². The molecule has 7 rings (SSSR count). The SMILES string of the molecule is CC(=O)N[C@H]1[C@H](OC[C@H]2OC(O)[C@H](O[C@@H]3O[C@@H](C)[C@@H](O)[C@@H](O)[C@@H]3O)[C@@H](O[C@@H]3O[C@H](CO)[C@H](O)[C@H](O[C@H]4O[C@H](CO)[C@H](O)[C@H](O[C@H]5O[C@H](CO)[C@H](O)[C@H](O)[C@H]5O)[C@H]4NC(C)=O)[C@H]3O[C@@H]3O[C@@H](C)[C@@H](O)[C@@H](O)[C@@H]3O)[C@H]2O)O[C@H](CO)[C@@H](O)[C@@H]1O. The maximum Gasteiger partial charge on any atom is 0.217 e. The van der Waals surface area contributed by atoms with E-state index in [0.29, 0.717) is 0 Å². The molecule has 21 N–H and O–H groups in total. The largest absolute Gasteiger partial charge is 0.394 e. The topological polar surface area (TPSA) is 563 Å². The number of aliphatic hydroxyl groups excluding tert-OH is 19. The molecule has 2 amide bonds. The molecule has 0 bridgehead atoms. The Hall–Kier alpha value is -2.34. The summed E-state index contributed by atoms with van der Waals surface area (Å²) in [5.41, 5.74) is 0. The molecule has 476 valence electrons. The summed E-state index contributed by atoms with van der Waals surface area (Å²) in [7, 11) is 0. The van der Waals surface area contributed by atoms with Gasteiger partial charge in [0.05, 0.1) is 45.2 Å². The molecule has 82 heavy (non-hydrogen) atoms. The van der Waals surface area contributed by atoms with Crippen LogP contribution in [0.4, 0.5) is 0 Å². The van der Waals surface area contributed by atoms with E-state index < -0.39 is 260 Å². The number of carbonyl (C=O) groups excluding carboxylic acids is 2. The Balaban J connectivity index is 1.28. The third-order valence-corrected chi connectivity index (χ3v) is 15.3. The van der Waals surface area contributed by atoms with E-state index in [1.165, 1.54) is 13.8 Å². The highest BCUT2D eigenvalue weighted by molar-refractivity contribution is 5.73. The first kappa shape index (κ1) is 67.2. The van der Waals surface area contributed by atoms with Gasteiger partial charge >= 0.3 is 0 Å². The van der Waals surface area contributed by atoms with E-state index in [1.807, 2.05) is 0 Å². The Morgan fingerprint density at radius 3 is 1.21 bits per heavy atom. The van der Waals surface area contributed by atoms with Crippen LogP contribution in [0, 0.1) is 0 Å². The summed E-state index contributed by atoms with van der Waals surface area (Å²) < 4.78 is 76.7. The number of nitrogens with one attached hydrogen (secondary N) is 2. The van der Waals surface area contributed by atoms with Crippen molar-refractivity contribution in [3.8, 4) is 0 Å². The van der Waals surface area contributed by atoms with Gasteiger partial charge in [0, 0.05) is 13.8 Å². The van der Waals surface area contributed by atoms with Gasteiger partial charge in [-0.25, -0.2) is 0 Å². The predicted molar refractivity (Wildman–Crippen MR) is 252 cm³/mol. The molecule has 0 aromatic rings. The Kier molecular flexibility index (Phi) is 23.5. The maximum absolute atomic E-state index is 13.0. The third kappa shape index (κ3) is 14.3. The summed E-state index contributed by atoms with van der Waals surface area (Å²) >= 11 is 0. The lowest BCUT2D eigenvalue weighted by Gasteiger charge is -2.52. The van der Waals surface area contributed by atoms with Gasteiger partial charge in [-0.2, -0.15) is 0 Å². The maximum atomic E-state index is 13.0. The first-order valence-corrected chi connectivity index (χ1v) is 26.3. The van der Waals surface area contributed by atoms with Gasteiger partial charge in [0.25, 0.3) is 0 Å². The highest BCUT2D eigenvalue weighted by Gasteiger charge is 2.59. The van der Waals surface area contributed by atoms with E-state index >= 15 is 0 Å². The van der Waals surface area contributed by atoms with E-state index in [1.54, 1.807) is 0 Å². The van der Waals surface area contributed by atoms with Crippen LogP contribution in [0.3, 0.4) is 0 Å². The number of aliphatic hydroxyl groups is 19. The monoisotopic (exact) mass is 1200 g/mol. The van der Waals surface area contributed by atoms with Crippen LogP contribution in [0.25, 0.3) is 0 Å². The van der Waals surface area contributed by atoms with Gasteiger partial charge in [0.2, 0.25) is 11.8 Å². The second kappa shape index (κ2) is 28.7. The number of rotatable bonds is 19. The Morgan fingerprint density at radius 1 is 0.341 bits per heavy atom. The molecular weight excluding hydrogens is 1120 g/mol. The molecule has 0 radical (unpaired) electrons. The van der Waals surface area contributed by atoms with Crippen LogP contribution >= 0.6 is 0 Å². The molecule has 0 aliphatic carbocycles. The molecule has 0 saturated carbocycles. The average Bonchev–Trinajstić information content (AvgIpc) is 2.71. The fourth-order valence-corrected chi connectivity index (χ4v) is 10.5. The molecule has 7 saturated heterocycles. The van der Waals surface area contributed by atoms with E-state index in [0.717, 1.165) is 13.8 Å². The molecule has 7 aliphatic rings. The number of ether oxygens (including phenoxy) is 13. The first-order chi connectivity index (χ1) is 38.7. The predicted octanol–water partition coefficient (Wildman–Crippen LogP) is -13.9. The summed E-state index contributed by atoms with van der Waals surface area (Å²) in [5.74, 6) is -1.65. The van der Waals surface area contributed by atoms with E-state index in [4.69, 9.17) is 61.6 Å². The molecule has 36 nitrogen and oxygen atoms in total. The standard InChI is InChI=1S/C46H78N2O34/c1-10-21(55)29(63)32(66)43(71-10)81-38-36(27(61)18(73-40(38)69)9-70-41-19(47-12(3)53)28(62)23(57)14(5-49)74-41)80-46-39(82-44-33(67)30(64)22(56)11(2)72-44)37(26(60)17(8-52)77-46)79-42-20(48-13(4)54)35(25(59)16(7-51)75-42)78-45-34(68)31(65)24(58)15(6-50)76-45/h10-11,14-46,49-52,55-69H,5-9H2,1-4H3,(H,47,53)(H,48,54)/t10-,11-,14+,15+,16+,17+,18+,19+,20+,21+,22+,23+,24-,25-,26-,27-,28+,29+,30+,31-,32-,33-,34+,35+,36-,37-,38+,39+,40?,41+,42+,43-,44-,45+,46-/m0/s1. The van der Waals surface area contributed by atoms with Crippen LogP contribution < -0.4 is 10.6 Å². The smallest absolute Gasteiger partial charge is 0.217 e. The van der Waals surface area contributed by atoms with Crippen LogP contribution in [0.1, 0.15) is 27.7 Å². The summed E-state index contributed by atoms with van der Waals surface area (Å²) in [6.45, 7) is -0.370. The van der Waals surface area contributed by atoms with Crippen molar-refractivity contribution in [2.24, 2.45) is 0 Å². The molecule has 36 heteroatoms. The minimum Gasteiger partial charge on any atom is -0.394 e. The lowest BCUT2D eigenvalue weighted by Crippen LogP contribution is -2.71. The van der Waals surface area contributed by atoms with Crippen molar-refractivity contribution in [1.82, 2.24) is 10.6 Å². The van der Waals surface area contributed by atoms with E-state index in [9.17, 15) is 107 Å². The molecule has 7 aliphatic heterocycles. The van der Waals surface area contributed by atoms with Crippen molar-refractivity contribution in [3.63, 3.8) is 0 Å². The molecule has 35 atom stereocenters. The first-order valence-electron chi connectivity index (χ1n) is 26.3. The normalized spacial score (nSPS) is 51.3. The van der Waals surface area contributed by atoms with E-state index in [2.05, 4.69) is 10.6 Å². The van der Waals surface area contributed by atoms with Crippen LogP contribution in [0.5, 0.6) is 0 Å². The Labute approximate surface area is 465 Å². The van der Waals surface area contributed by atoms with Crippen LogP contribution in [-0.4, -0.2) is 357 Å². The summed E-state index contributed by atoms with van der Waals surface area (Å²) in [4.78, 5) is 25.1. The summed E-state index contributed by atoms with van der Waals surface area (Å²) in [6, 6.07) is -3.41. The summed E-state index contributed by atoms with van der Waals surface area (Å²) in [5, 5.41) is 212. The molecule has 7 fully saturated rings. The van der Waals surface area contributed by atoms with Gasteiger partial charge in [-0.3, -0.25) is 9.59 Å². The molecule has 0 aromatic carbocycles. The van der Waals surface area contributed by atoms with Crippen LogP contribution in [0.2, 0.25) is 0 Å². The van der Waals surface area contributed by atoms with Gasteiger partial charge in [0.15, 0.2) is 44.0 Å². The second-order valence-corrected chi connectivity index (χ2v) is 21.0. The summed E-state index contributed by atoms with van der Waals surface area (Å²) in [6.07, 6.45) is -64.3. The zero-order valence-corrected chi connectivity index (χ0v) is 44.4. The zero-order valence-electron chi connectivity index (χ0n) is 44.4. The van der Waals surface area contributed by atoms with Gasteiger partial charge < -0.3 is 169 Å². The van der Waals surface area contributed by atoms with Crippen LogP contribution in [-0.2, 0) is 71.2 Å². The Morgan fingerprint density at radius 2 is 0.695 bits per heavy atom. The van der Waals surface area contributed by atoms with Gasteiger partial charge in [0.1, 0.15) is 159 Å². The van der Waals surface area contributed by atoms with Gasteiger partial charge in [-0.1, -0.05) is 0 Å². The molecule has 1 unspecified atom stereocenters. The lowest BCUT2D eigenvalue weighted by atomic mass is 9.94. The number of hydrogen-bond donors (Lipinski definition) is 21. The van der Waals surface area contributed by atoms with Gasteiger partial charge in [-0.05, 0) is 13.8 Å². The van der Waals surface area contributed by atoms with Crippen molar-refractivity contribution in [2.75, 3.05) is 33.0 Å². The van der Waals surface area contributed by atoms with Crippen LogP contribution in [0.15, 0.2) is 0 Å². The molecule has 0 aromatic heterocycles. The fraction of sp³-hybridized carbons (Fsp3) is 0.957. The fourth-order valence-electron chi connectivity index (χ4n) is 10.5. The molecule has 0 spiro atoms. The minimum atomic E-state index is -2.35.